The molecule has 1 aromatic rings. The summed E-state index contributed by atoms with van der Waals surface area (Å²) in [5.74, 6) is -0.234. The van der Waals surface area contributed by atoms with Crippen molar-refractivity contribution < 1.29 is 145 Å². The molecule has 0 bridgehead atoms. The van der Waals surface area contributed by atoms with Crippen molar-refractivity contribution in [3.8, 4) is 0 Å². The summed E-state index contributed by atoms with van der Waals surface area (Å²) in [6, 6.07) is 6.85. The maximum atomic E-state index is 12.0. The number of hydrogen-bond acceptors (Lipinski definition) is 6. The van der Waals surface area contributed by atoms with Gasteiger partial charge in [0.25, 0.3) is 0 Å². The number of urea groups is 1. The fraction of sp³-hybridized carbons (Fsp3) is 0.621. The first kappa shape index (κ1) is 41.3. The molecule has 216 valence electrons. The number of hydrogen-bond donors (Lipinski definition) is 1. The Kier molecular flexibility index (Phi) is 24.8. The molecule has 2 rings (SSSR count). The standard InChI is InChI=1S/C29H44N4O6.2Rb/c1-3-8-24(25(34)4-2)9-5-6-15-30-29(38)31-16-7-18-39-21-26(35)32-20-23-12-10-22(11-13-23)19-28(37)33-17-14-27(33)36;;/h10-13,24H,3-9,14-21H2,1-2H3,(H3,30,31,32,35,38);;/q;2*+1/p-2. The Labute approximate surface area is 342 Å². The zero-order valence-corrected chi connectivity index (χ0v) is 35.1. The molecule has 1 heterocycles. The van der Waals surface area contributed by atoms with Crippen molar-refractivity contribution in [2.75, 3.05) is 32.8 Å². The van der Waals surface area contributed by atoms with E-state index >= 15 is 0 Å². The summed E-state index contributed by atoms with van der Waals surface area (Å²) in [5.41, 5.74) is 1.64. The van der Waals surface area contributed by atoms with Crippen molar-refractivity contribution in [3.05, 3.63) is 46.0 Å². The second-order valence-corrected chi connectivity index (χ2v) is 9.71. The maximum absolute atomic E-state index is 12.0. The van der Waals surface area contributed by atoms with Crippen LogP contribution in [-0.4, -0.2) is 67.3 Å². The van der Waals surface area contributed by atoms with Crippen molar-refractivity contribution in [1.82, 2.24) is 10.2 Å². The Morgan fingerprint density at radius 1 is 0.976 bits per heavy atom. The van der Waals surface area contributed by atoms with Crippen molar-refractivity contribution >= 4 is 29.5 Å². The van der Waals surface area contributed by atoms with Gasteiger partial charge in [-0.15, -0.1) is 6.54 Å². The van der Waals surface area contributed by atoms with Crippen molar-refractivity contribution in [3.63, 3.8) is 0 Å². The molecule has 1 fully saturated rings. The molecule has 12 heteroatoms. The third-order valence-corrected chi connectivity index (χ3v) is 6.59. The Morgan fingerprint density at radius 3 is 2.29 bits per heavy atom. The number of benzene rings is 1. The van der Waals surface area contributed by atoms with Gasteiger partial charge in [-0.3, -0.25) is 24.1 Å². The summed E-state index contributed by atoms with van der Waals surface area (Å²) in [4.78, 5) is 60.3. The first-order valence-electron chi connectivity index (χ1n) is 14.0. The fourth-order valence-electron chi connectivity index (χ4n) is 4.21. The molecule has 0 aliphatic carbocycles. The zero-order chi connectivity index (χ0) is 28.5. The summed E-state index contributed by atoms with van der Waals surface area (Å²) in [6.45, 7) is 5.70. The van der Waals surface area contributed by atoms with Crippen LogP contribution in [0.15, 0.2) is 24.3 Å². The van der Waals surface area contributed by atoms with Crippen LogP contribution in [0.25, 0.3) is 10.6 Å². The van der Waals surface area contributed by atoms with Crippen LogP contribution in [0.5, 0.6) is 0 Å². The van der Waals surface area contributed by atoms with Gasteiger partial charge in [0.2, 0.25) is 11.8 Å². The van der Waals surface area contributed by atoms with Gasteiger partial charge in [-0.1, -0.05) is 69.5 Å². The number of carbonyl (C=O) groups excluding carboxylic acids is 5. The summed E-state index contributed by atoms with van der Waals surface area (Å²) < 4.78 is 5.33. The molecule has 1 unspecified atom stereocenters. The zero-order valence-electron chi connectivity index (χ0n) is 25.3. The number of nitrogens with zero attached hydrogens (tertiary/aromatic N) is 3. The minimum atomic E-state index is -0.373. The van der Waals surface area contributed by atoms with E-state index in [1.54, 1.807) is 24.3 Å². The molecule has 1 N–H and O–H groups in total. The molecule has 41 heavy (non-hydrogen) atoms. The van der Waals surface area contributed by atoms with Gasteiger partial charge in [-0.05, 0) is 31.4 Å². The monoisotopic (exact) mass is 712 g/mol. The molecule has 1 aliphatic heterocycles. The first-order chi connectivity index (χ1) is 18.8. The average molecular weight is 714 g/mol. The third-order valence-electron chi connectivity index (χ3n) is 6.59. The van der Waals surface area contributed by atoms with Gasteiger partial charge in [0.1, 0.15) is 5.78 Å². The molecule has 5 amide bonds. The largest absolute Gasteiger partial charge is 1.00 e. The number of nitrogens with one attached hydrogen (secondary N) is 1. The van der Waals surface area contributed by atoms with Gasteiger partial charge < -0.3 is 25.5 Å². The summed E-state index contributed by atoms with van der Waals surface area (Å²) >= 11 is 0. The summed E-state index contributed by atoms with van der Waals surface area (Å²) in [5, 5.41) is 10.7. The predicted molar refractivity (Wildman–Crippen MR) is 148 cm³/mol. The second-order valence-electron chi connectivity index (χ2n) is 9.71. The van der Waals surface area contributed by atoms with Gasteiger partial charge in [0.05, 0.1) is 18.9 Å². The molecule has 0 radical (unpaired) electrons. The summed E-state index contributed by atoms with van der Waals surface area (Å²) in [6.07, 6.45) is 6.22. The SMILES string of the molecule is CCCC(CCCCNC(=O)[N-]CCCOCC(=O)[N-]Cc1ccc(CC(=O)N2CCC2=O)cc1)C(=O)CC.[Rb+].[Rb+]. The minimum absolute atomic E-state index is 0. The molecule has 1 aromatic carbocycles. The predicted octanol–water partition coefficient (Wildman–Crippen LogP) is -1.55. The van der Waals surface area contributed by atoms with E-state index in [1.165, 1.54) is 4.90 Å². The molecule has 0 spiro atoms. The van der Waals surface area contributed by atoms with Crippen LogP contribution in [-0.2, 0) is 36.9 Å². The molecular weight excluding hydrogens is 671 g/mol. The molecule has 1 saturated heterocycles. The van der Waals surface area contributed by atoms with E-state index in [0.717, 1.165) is 43.2 Å². The quantitative estimate of drug-likeness (QED) is 0.136. The first-order valence-corrected chi connectivity index (χ1v) is 14.0. The number of unbranched alkanes of at least 4 members (excludes halogenated alkanes) is 1. The smallest absolute Gasteiger partial charge is 0.648 e. The summed E-state index contributed by atoms with van der Waals surface area (Å²) in [7, 11) is 0. The number of carbonyl (C=O) groups is 5. The normalized spacial score (nSPS) is 12.7. The van der Waals surface area contributed by atoms with Crippen LogP contribution in [0.2, 0.25) is 0 Å². The van der Waals surface area contributed by atoms with E-state index in [-0.39, 0.29) is 166 Å². The maximum Gasteiger partial charge on any atom is 1.00 e. The number of rotatable bonds is 19. The van der Waals surface area contributed by atoms with Crippen molar-refractivity contribution in [2.24, 2.45) is 5.92 Å². The Hall–Kier alpha value is 0.340. The second kappa shape index (κ2) is 24.6. The average Bonchev–Trinajstić information content (AvgIpc) is 2.92. The number of ether oxygens (including phenoxy) is 1. The van der Waals surface area contributed by atoms with Crippen molar-refractivity contribution in [2.45, 2.75) is 78.2 Å². The number of likely N-dealkylation sites (tertiary alicyclic amines) is 1. The van der Waals surface area contributed by atoms with E-state index in [2.05, 4.69) is 22.9 Å². The Morgan fingerprint density at radius 2 is 1.68 bits per heavy atom. The van der Waals surface area contributed by atoms with Crippen LogP contribution in [0.4, 0.5) is 4.79 Å². The van der Waals surface area contributed by atoms with Gasteiger partial charge in [0, 0.05) is 31.9 Å². The molecule has 0 saturated carbocycles. The van der Waals surface area contributed by atoms with E-state index in [9.17, 15) is 24.0 Å². The Bertz CT molecular complexity index is 961. The fourth-order valence-corrected chi connectivity index (χ4v) is 4.21. The molecule has 0 aromatic heterocycles. The molecule has 1 aliphatic rings. The van der Waals surface area contributed by atoms with Gasteiger partial charge in [0.15, 0.2) is 6.03 Å². The van der Waals surface area contributed by atoms with Gasteiger partial charge in [-0.2, -0.15) is 0 Å². The number of ketones is 1. The van der Waals surface area contributed by atoms with Crippen LogP contribution in [0, 0.1) is 5.92 Å². The van der Waals surface area contributed by atoms with Crippen molar-refractivity contribution in [1.29, 1.82) is 0 Å². The van der Waals surface area contributed by atoms with E-state index in [0.29, 0.717) is 51.3 Å². The van der Waals surface area contributed by atoms with E-state index in [1.807, 2.05) is 6.92 Å². The van der Waals surface area contributed by atoms with Crippen LogP contribution >= 0.6 is 0 Å². The van der Waals surface area contributed by atoms with E-state index in [4.69, 9.17) is 4.74 Å². The number of imide groups is 1. The third kappa shape index (κ3) is 17.4. The minimum Gasteiger partial charge on any atom is -0.648 e. The topological polar surface area (TPSA) is 138 Å². The molecular formula is C29H42N4O6Rb2. The molecule has 10 nitrogen and oxygen atoms in total. The number of β-lactam (4-membered cyclic amide) rings is 1. The number of Topliss-reactive ketones (excluding diaryl/α,β-unsaturated/α-hetero) is 1. The van der Waals surface area contributed by atoms with E-state index < -0.39 is 0 Å². The van der Waals surface area contributed by atoms with Gasteiger partial charge in [-0.25, -0.2) is 0 Å². The Balaban J connectivity index is 0.00000800. The van der Waals surface area contributed by atoms with Crippen LogP contribution in [0.1, 0.15) is 76.3 Å². The molecule has 1 atom stereocenters. The number of amides is 5. The van der Waals surface area contributed by atoms with Gasteiger partial charge >= 0.3 is 116 Å². The van der Waals surface area contributed by atoms with Crippen LogP contribution < -0.4 is 122 Å². The van der Waals surface area contributed by atoms with Crippen LogP contribution in [0.3, 0.4) is 0 Å².